The minimum atomic E-state index is 1.29. The molecule has 0 amide bonds. The molecule has 0 aromatic carbocycles. The number of hydrogen-bond acceptors (Lipinski definition) is 3. The Hall–Kier alpha value is -1.03. The van der Waals surface area contributed by atoms with Gasteiger partial charge in [0, 0.05) is 6.20 Å². The minimum Gasteiger partial charge on any atom is -0.320 e. The lowest BCUT2D eigenvalue weighted by Gasteiger charge is -1.90. The molecular weight excluding hydrogens is 94.1 g/mol. The third kappa shape index (κ3) is 0.690. The molecule has 0 unspecified atom stereocenters. The Morgan fingerprint density at radius 1 is 1.71 bits per heavy atom. The molecule has 0 atom stereocenters. The maximum absolute atomic E-state index is 4.72. The van der Waals surface area contributed by atoms with Crippen LogP contribution in [-0.2, 0) is 0 Å². The molecule has 0 aliphatic heterocycles. The van der Waals surface area contributed by atoms with Gasteiger partial charge in [0.1, 0.15) is 6.33 Å². The van der Waals surface area contributed by atoms with Crippen LogP contribution in [0.15, 0.2) is 18.7 Å². The van der Waals surface area contributed by atoms with E-state index in [1.54, 1.807) is 12.4 Å². The fourth-order valence-corrected chi connectivity index (χ4v) is 0.309. The Balaban J connectivity index is 2.76. The zero-order valence-electron chi connectivity index (χ0n) is 3.61. The van der Waals surface area contributed by atoms with Crippen molar-refractivity contribution in [3.63, 3.8) is 0 Å². The lowest BCUT2D eigenvalue weighted by atomic mass is 11.0. The van der Waals surface area contributed by atoms with Gasteiger partial charge in [-0.15, -0.1) is 5.90 Å². The van der Waals surface area contributed by atoms with E-state index in [1.807, 2.05) is 0 Å². The highest BCUT2D eigenvalue weighted by Crippen LogP contribution is 1.74. The second kappa shape index (κ2) is 1.61. The van der Waals surface area contributed by atoms with Gasteiger partial charge >= 0.3 is 0 Å². The smallest absolute Gasteiger partial charge is 0.134 e. The van der Waals surface area contributed by atoms with Gasteiger partial charge in [-0.3, -0.25) is 0 Å². The second-order valence-corrected chi connectivity index (χ2v) is 1.03. The second-order valence-electron chi connectivity index (χ2n) is 1.03. The Bertz CT molecular complexity index is 125. The average molecular weight is 99.1 g/mol. The van der Waals surface area contributed by atoms with E-state index in [0.717, 1.165) is 0 Å². The molecule has 4 heteroatoms. The molecular formula is C3H5N3O. The van der Waals surface area contributed by atoms with Crippen molar-refractivity contribution < 1.29 is 4.94 Å². The predicted molar refractivity (Wildman–Crippen MR) is 23.0 cm³/mol. The molecule has 4 nitrogen and oxygen atoms in total. The third-order valence-corrected chi connectivity index (χ3v) is 0.602. The number of aromatic nitrogens is 2. The summed E-state index contributed by atoms with van der Waals surface area (Å²) in [6, 6.07) is 0. The van der Waals surface area contributed by atoms with Crippen LogP contribution < -0.4 is 10.8 Å². The van der Waals surface area contributed by atoms with E-state index in [0.29, 0.717) is 0 Å². The van der Waals surface area contributed by atoms with Gasteiger partial charge in [-0.05, 0) is 0 Å². The van der Waals surface area contributed by atoms with Crippen molar-refractivity contribution in [2.45, 2.75) is 0 Å². The van der Waals surface area contributed by atoms with Crippen LogP contribution in [-0.4, -0.2) is 9.71 Å². The summed E-state index contributed by atoms with van der Waals surface area (Å²) in [7, 11) is 0. The molecule has 1 rings (SSSR count). The van der Waals surface area contributed by atoms with Gasteiger partial charge in [-0.25, -0.2) is 4.98 Å². The fraction of sp³-hybridized carbons (Fsp3) is 0. The van der Waals surface area contributed by atoms with Gasteiger partial charge in [0.15, 0.2) is 0 Å². The van der Waals surface area contributed by atoms with Crippen LogP contribution in [0.2, 0.25) is 0 Å². The third-order valence-electron chi connectivity index (χ3n) is 0.602. The van der Waals surface area contributed by atoms with E-state index in [9.17, 15) is 0 Å². The van der Waals surface area contributed by atoms with Gasteiger partial charge in [0.2, 0.25) is 0 Å². The van der Waals surface area contributed by atoms with Crippen LogP contribution in [0, 0.1) is 0 Å². The summed E-state index contributed by atoms with van der Waals surface area (Å²) in [5.41, 5.74) is 0. The minimum absolute atomic E-state index is 1.29. The molecule has 1 aromatic heterocycles. The largest absolute Gasteiger partial charge is 0.320 e. The number of rotatable bonds is 1. The Morgan fingerprint density at radius 2 is 2.57 bits per heavy atom. The molecule has 1 heterocycles. The molecule has 0 bridgehead atoms. The molecule has 0 saturated heterocycles. The van der Waals surface area contributed by atoms with E-state index in [2.05, 4.69) is 9.92 Å². The van der Waals surface area contributed by atoms with Gasteiger partial charge in [0.25, 0.3) is 0 Å². The number of imidazole rings is 1. The summed E-state index contributed by atoms with van der Waals surface area (Å²) in [6.07, 6.45) is 4.63. The monoisotopic (exact) mass is 99.0 g/mol. The van der Waals surface area contributed by atoms with Gasteiger partial charge in [-0.2, -0.15) is 4.73 Å². The van der Waals surface area contributed by atoms with Crippen LogP contribution in [0.3, 0.4) is 0 Å². The maximum Gasteiger partial charge on any atom is 0.134 e. The van der Waals surface area contributed by atoms with Crippen molar-refractivity contribution in [3.05, 3.63) is 18.7 Å². The highest BCUT2D eigenvalue weighted by atomic mass is 16.8. The number of nitrogens with two attached hydrogens (primary N) is 1. The summed E-state index contributed by atoms with van der Waals surface area (Å²) in [5, 5.41) is 0. The van der Waals surface area contributed by atoms with Crippen molar-refractivity contribution in [1.29, 1.82) is 0 Å². The lowest BCUT2D eigenvalue weighted by molar-refractivity contribution is 0.112. The first-order valence-corrected chi connectivity index (χ1v) is 1.78. The van der Waals surface area contributed by atoms with Crippen molar-refractivity contribution in [1.82, 2.24) is 9.71 Å². The first kappa shape index (κ1) is 4.14. The summed E-state index contributed by atoms with van der Waals surface area (Å²) >= 11 is 0. The highest BCUT2D eigenvalue weighted by Gasteiger charge is 1.77. The van der Waals surface area contributed by atoms with E-state index < -0.39 is 0 Å². The first-order valence-electron chi connectivity index (χ1n) is 1.78. The summed E-state index contributed by atoms with van der Waals surface area (Å²) in [5.74, 6) is 4.72. The van der Waals surface area contributed by atoms with E-state index in [1.165, 1.54) is 11.1 Å². The van der Waals surface area contributed by atoms with Crippen molar-refractivity contribution >= 4 is 0 Å². The Morgan fingerprint density at radius 3 is 2.86 bits per heavy atom. The summed E-state index contributed by atoms with van der Waals surface area (Å²) in [6.45, 7) is 0. The van der Waals surface area contributed by atoms with Crippen molar-refractivity contribution in [2.24, 2.45) is 5.90 Å². The van der Waals surface area contributed by atoms with E-state index >= 15 is 0 Å². The zero-order valence-corrected chi connectivity index (χ0v) is 3.61. The summed E-state index contributed by atoms with van der Waals surface area (Å²) < 4.78 is 1.29. The highest BCUT2D eigenvalue weighted by molar-refractivity contribution is 4.68. The van der Waals surface area contributed by atoms with Gasteiger partial charge in [0.05, 0.1) is 6.20 Å². The SMILES string of the molecule is NOn1ccnc1. The van der Waals surface area contributed by atoms with Crippen molar-refractivity contribution in [2.75, 3.05) is 0 Å². The molecule has 7 heavy (non-hydrogen) atoms. The van der Waals surface area contributed by atoms with Crippen LogP contribution in [0.25, 0.3) is 0 Å². The van der Waals surface area contributed by atoms with Crippen LogP contribution in [0.4, 0.5) is 0 Å². The first-order chi connectivity index (χ1) is 3.43. The Kier molecular flexibility index (Phi) is 0.953. The van der Waals surface area contributed by atoms with Crippen LogP contribution >= 0.6 is 0 Å². The predicted octanol–water partition coefficient (Wildman–Crippen LogP) is -0.815. The molecule has 0 fully saturated rings. The fourth-order valence-electron chi connectivity index (χ4n) is 0.309. The molecule has 0 aliphatic rings. The maximum atomic E-state index is 4.72. The lowest BCUT2D eigenvalue weighted by Crippen LogP contribution is -2.15. The number of hydrogen-bond donors (Lipinski definition) is 1. The van der Waals surface area contributed by atoms with Gasteiger partial charge in [-0.1, -0.05) is 0 Å². The van der Waals surface area contributed by atoms with E-state index in [-0.39, 0.29) is 0 Å². The molecule has 1 aromatic rings. The standard InChI is InChI=1S/C3H5N3O/c4-7-6-2-1-5-3-6/h1-3H,4H2. The van der Waals surface area contributed by atoms with E-state index in [4.69, 9.17) is 5.90 Å². The zero-order chi connectivity index (χ0) is 5.11. The molecule has 38 valence electrons. The van der Waals surface area contributed by atoms with Crippen LogP contribution in [0.1, 0.15) is 0 Å². The molecule has 0 spiro atoms. The van der Waals surface area contributed by atoms with Crippen molar-refractivity contribution in [3.8, 4) is 0 Å². The molecule has 0 aliphatic carbocycles. The number of nitrogens with zero attached hydrogens (tertiary/aromatic N) is 2. The molecule has 0 saturated carbocycles. The Labute approximate surface area is 40.4 Å². The molecule has 0 radical (unpaired) electrons. The molecule has 2 N–H and O–H groups in total. The van der Waals surface area contributed by atoms with Gasteiger partial charge < -0.3 is 4.94 Å². The average Bonchev–Trinajstić information content (AvgIpc) is 2.14. The van der Waals surface area contributed by atoms with Crippen LogP contribution in [0.5, 0.6) is 0 Å². The normalized spacial score (nSPS) is 8.71. The summed E-state index contributed by atoms with van der Waals surface area (Å²) in [4.78, 5) is 7.86. The topological polar surface area (TPSA) is 53.1 Å². The quantitative estimate of drug-likeness (QED) is 0.468.